The van der Waals surface area contributed by atoms with Crippen LogP contribution in [0, 0.1) is 0 Å². The molecule has 1 heterocycles. The Bertz CT molecular complexity index is 521. The van der Waals surface area contributed by atoms with Crippen LogP contribution in [0.15, 0.2) is 29.4 Å². The molecule has 0 N–H and O–H groups in total. The predicted octanol–water partition coefficient (Wildman–Crippen LogP) is 3.96. The zero-order valence-electron chi connectivity index (χ0n) is 12.9. The zero-order chi connectivity index (χ0) is 15.9. The second-order valence-corrected chi connectivity index (χ2v) is 6.40. The molecular weight excluding hydrogens is 303 g/mol. The molecule has 1 fully saturated rings. The van der Waals surface area contributed by atoms with Crippen molar-refractivity contribution in [3.05, 3.63) is 40.3 Å². The van der Waals surface area contributed by atoms with Crippen LogP contribution in [0.2, 0.25) is 0 Å². The van der Waals surface area contributed by atoms with Gasteiger partial charge in [-0.25, -0.2) is 0 Å². The largest absolute Gasteiger partial charge is 0.376 e. The summed E-state index contributed by atoms with van der Waals surface area (Å²) in [7, 11) is 1.50. The fourth-order valence-corrected chi connectivity index (χ4v) is 3.45. The molecule has 5 nitrogen and oxygen atoms in total. The molecule has 0 saturated carbocycles. The van der Waals surface area contributed by atoms with Crippen LogP contribution in [0.5, 0.6) is 0 Å². The third-order valence-corrected chi connectivity index (χ3v) is 5.08. The molecule has 1 aromatic rings. The number of rotatable bonds is 7. The number of anilines is 1. The lowest BCUT2D eigenvalue weighted by molar-refractivity contribution is 0.0722. The van der Waals surface area contributed by atoms with Crippen LogP contribution in [0.1, 0.15) is 18.1 Å². The Morgan fingerprint density at radius 1 is 1.50 bits per heavy atom. The van der Waals surface area contributed by atoms with E-state index in [9.17, 15) is 4.39 Å². The van der Waals surface area contributed by atoms with E-state index < -0.39 is 18.8 Å². The number of azide groups is 1. The molecule has 1 saturated heterocycles. The molecule has 0 spiro atoms. The van der Waals surface area contributed by atoms with Gasteiger partial charge in [-0.3, -0.25) is 4.39 Å². The summed E-state index contributed by atoms with van der Waals surface area (Å²) in [6, 6.07) is 7.05. The van der Waals surface area contributed by atoms with Gasteiger partial charge in [0.15, 0.2) is 0 Å². The summed E-state index contributed by atoms with van der Waals surface area (Å²) in [6.07, 6.45) is 2.78. The first kappa shape index (κ1) is 16.9. The molecule has 1 aliphatic heterocycles. The van der Waals surface area contributed by atoms with E-state index >= 15 is 0 Å². The maximum Gasteiger partial charge on any atom is 0.101 e. The van der Waals surface area contributed by atoms with E-state index in [0.717, 1.165) is 24.3 Å². The Labute approximate surface area is 134 Å². The first-order chi connectivity index (χ1) is 10.7. The smallest absolute Gasteiger partial charge is 0.101 e. The molecule has 1 aliphatic rings. The fraction of sp³-hybridized carbons (Fsp3) is 0.600. The molecular formula is C15H21FN4OS. The second kappa shape index (κ2) is 8.27. The van der Waals surface area contributed by atoms with E-state index in [1.165, 1.54) is 13.5 Å². The maximum absolute atomic E-state index is 13.0. The monoisotopic (exact) mass is 324 g/mol. The van der Waals surface area contributed by atoms with Crippen LogP contribution in [0.3, 0.4) is 0 Å². The number of halogens is 1. The highest BCUT2D eigenvalue weighted by atomic mass is 32.2. The van der Waals surface area contributed by atoms with E-state index in [-0.39, 0.29) is 0 Å². The Hall–Kier alpha value is -1.43. The quantitative estimate of drug-likeness (QED) is 0.433. The number of hydrogen-bond donors (Lipinski definition) is 0. The molecule has 7 heteroatoms. The van der Waals surface area contributed by atoms with Gasteiger partial charge in [-0.2, -0.15) is 11.8 Å². The van der Waals surface area contributed by atoms with Crippen LogP contribution in [0.4, 0.5) is 10.1 Å². The van der Waals surface area contributed by atoms with E-state index in [1.54, 1.807) is 0 Å². The van der Waals surface area contributed by atoms with Gasteiger partial charge in [0, 0.05) is 36.0 Å². The van der Waals surface area contributed by atoms with Crippen molar-refractivity contribution in [2.24, 2.45) is 5.11 Å². The van der Waals surface area contributed by atoms with Crippen LogP contribution in [0.25, 0.3) is 10.4 Å². The maximum atomic E-state index is 13.0. The lowest BCUT2D eigenvalue weighted by atomic mass is 10.0. The van der Waals surface area contributed by atoms with Gasteiger partial charge in [0.25, 0.3) is 0 Å². The normalized spacial score (nSPS) is 20.5. The van der Waals surface area contributed by atoms with Crippen molar-refractivity contribution in [1.82, 2.24) is 0 Å². The van der Waals surface area contributed by atoms with Gasteiger partial charge in [0.2, 0.25) is 0 Å². The molecule has 22 heavy (non-hydrogen) atoms. The molecule has 0 amide bonds. The Kier molecular flexibility index (Phi) is 6.36. The molecule has 1 aromatic carbocycles. The average Bonchev–Trinajstić information content (AvgIpc) is 3.04. The van der Waals surface area contributed by atoms with E-state index in [1.807, 2.05) is 36.0 Å². The van der Waals surface area contributed by atoms with Crippen molar-refractivity contribution in [3.63, 3.8) is 0 Å². The highest BCUT2D eigenvalue weighted by Crippen LogP contribution is 2.29. The molecule has 120 valence electrons. The highest BCUT2D eigenvalue weighted by molar-refractivity contribution is 7.99. The van der Waals surface area contributed by atoms with Gasteiger partial charge in [-0.1, -0.05) is 17.2 Å². The van der Waals surface area contributed by atoms with Gasteiger partial charge >= 0.3 is 0 Å². The van der Waals surface area contributed by atoms with Gasteiger partial charge in [0.05, 0.1) is 12.1 Å². The van der Waals surface area contributed by atoms with Crippen molar-refractivity contribution in [2.75, 3.05) is 38.0 Å². The number of alkyl halides is 1. The van der Waals surface area contributed by atoms with Crippen LogP contribution in [-0.2, 0) is 4.74 Å². The topological polar surface area (TPSA) is 61.2 Å². The molecule has 0 bridgehead atoms. The Morgan fingerprint density at radius 3 is 2.73 bits per heavy atom. The first-order valence-corrected chi connectivity index (χ1v) is 8.53. The average molecular weight is 324 g/mol. The van der Waals surface area contributed by atoms with Gasteiger partial charge < -0.3 is 9.64 Å². The highest BCUT2D eigenvalue weighted by Gasteiger charge is 2.24. The third kappa shape index (κ3) is 3.85. The number of hydrogen-bond acceptors (Lipinski definition) is 4. The van der Waals surface area contributed by atoms with Gasteiger partial charge in [-0.15, -0.1) is 0 Å². The predicted molar refractivity (Wildman–Crippen MR) is 89.2 cm³/mol. The van der Waals surface area contributed by atoms with E-state index in [0.29, 0.717) is 5.25 Å². The van der Waals surface area contributed by atoms with E-state index in [2.05, 4.69) is 21.2 Å². The minimum absolute atomic E-state index is 0.563. The number of ether oxygens (including phenoxy) is 1. The SMILES string of the molecule is CO[C@H](c1ccc(N2CC[C@@H](SC)C2)cc1)[C@@H](CF)N=[N+]=[N-]. The standard InChI is InChI=1S/C15H21FN4OS/c1-21-15(14(9-16)18-19-17)11-3-5-12(6-4-11)20-8-7-13(10-20)22-2/h3-6,13-15H,7-10H2,1-2H3/t13-,14-,15-/m1/s1. The summed E-state index contributed by atoms with van der Waals surface area (Å²) in [5.41, 5.74) is 10.5. The molecule has 0 radical (unpaired) electrons. The van der Waals surface area contributed by atoms with Crippen molar-refractivity contribution in [2.45, 2.75) is 23.8 Å². The Morgan fingerprint density at radius 2 is 2.23 bits per heavy atom. The second-order valence-electron chi connectivity index (χ2n) is 5.27. The fourth-order valence-electron chi connectivity index (χ4n) is 2.78. The summed E-state index contributed by atoms with van der Waals surface area (Å²) < 4.78 is 18.3. The molecule has 3 atom stereocenters. The van der Waals surface area contributed by atoms with Gasteiger partial charge in [-0.05, 0) is 35.9 Å². The zero-order valence-corrected chi connectivity index (χ0v) is 13.7. The summed E-state index contributed by atoms with van der Waals surface area (Å²) >= 11 is 1.91. The molecule has 2 rings (SSSR count). The number of thioether (sulfide) groups is 1. The van der Waals surface area contributed by atoms with Crippen molar-refractivity contribution in [1.29, 1.82) is 0 Å². The number of methoxy groups -OCH3 is 1. The summed E-state index contributed by atoms with van der Waals surface area (Å²) in [4.78, 5) is 5.05. The minimum atomic E-state index is -0.839. The number of benzene rings is 1. The number of nitrogens with zero attached hydrogens (tertiary/aromatic N) is 4. The van der Waals surface area contributed by atoms with Crippen molar-refractivity contribution in [3.8, 4) is 0 Å². The summed E-state index contributed by atoms with van der Waals surface area (Å²) in [5.74, 6) is 0. The van der Waals surface area contributed by atoms with Crippen molar-refractivity contribution >= 4 is 17.4 Å². The van der Waals surface area contributed by atoms with Crippen LogP contribution >= 0.6 is 11.8 Å². The van der Waals surface area contributed by atoms with Gasteiger partial charge in [0.1, 0.15) is 6.67 Å². The van der Waals surface area contributed by atoms with Crippen molar-refractivity contribution < 1.29 is 9.13 Å². The summed E-state index contributed by atoms with van der Waals surface area (Å²) in [5, 5.41) is 4.17. The molecule has 0 aliphatic carbocycles. The third-order valence-electron chi connectivity index (χ3n) is 4.03. The minimum Gasteiger partial charge on any atom is -0.376 e. The van der Waals surface area contributed by atoms with E-state index in [4.69, 9.17) is 10.3 Å². The first-order valence-electron chi connectivity index (χ1n) is 7.24. The lowest BCUT2D eigenvalue weighted by Crippen LogP contribution is -2.22. The summed E-state index contributed by atoms with van der Waals surface area (Å²) in [6.45, 7) is 1.37. The van der Waals surface area contributed by atoms with Crippen LogP contribution < -0.4 is 4.90 Å². The molecule has 0 unspecified atom stereocenters. The molecule has 0 aromatic heterocycles. The Balaban J connectivity index is 2.11. The van der Waals surface area contributed by atoms with Crippen LogP contribution in [-0.4, -0.2) is 44.4 Å². The lowest BCUT2D eigenvalue weighted by Gasteiger charge is -2.22.